The first-order chi connectivity index (χ1) is 14.9. The van der Waals surface area contributed by atoms with Crippen molar-refractivity contribution in [3.63, 3.8) is 0 Å². The maximum absolute atomic E-state index is 13.4. The van der Waals surface area contributed by atoms with Crippen LogP contribution in [0, 0.1) is 6.92 Å². The number of rotatable bonds is 4. The zero-order valence-corrected chi connectivity index (χ0v) is 19.0. The van der Waals surface area contributed by atoms with Crippen LogP contribution in [0.25, 0.3) is 6.08 Å². The summed E-state index contributed by atoms with van der Waals surface area (Å²) in [5, 5.41) is 0.632. The second-order valence-corrected chi connectivity index (χ2v) is 8.71. The first-order valence-electron chi connectivity index (χ1n) is 9.91. The van der Waals surface area contributed by atoms with E-state index in [0.29, 0.717) is 25.6 Å². The number of ether oxygens (including phenoxy) is 1. The Morgan fingerprint density at radius 2 is 1.84 bits per heavy atom. The van der Waals surface area contributed by atoms with Crippen molar-refractivity contribution in [1.82, 2.24) is 4.57 Å². The fourth-order valence-corrected chi connectivity index (χ4v) is 4.74. The molecule has 0 bridgehead atoms. The molecule has 1 atom stereocenters. The highest BCUT2D eigenvalue weighted by Crippen LogP contribution is 2.30. The van der Waals surface area contributed by atoms with E-state index in [1.54, 1.807) is 30.5 Å². The standard InChI is InChI=1S/C24H21ClN2O3S/c1-4-30-23(29)20-15(3)26-24-27(21(20)17-9-5-14(2)6-10-17)22(28)19(31-24)13-16-7-11-18(25)12-8-16/h5-13,21H,4H2,1-3H3/b19-13-/t21-/m1/s1. The van der Waals surface area contributed by atoms with Crippen molar-refractivity contribution in [2.24, 2.45) is 4.99 Å². The molecule has 2 aromatic carbocycles. The predicted octanol–water partition coefficient (Wildman–Crippen LogP) is 3.76. The SMILES string of the molecule is CCOC(=O)C1=C(C)N=c2s/c(=C\c3ccc(Cl)cc3)c(=O)n2[C@@H]1c1ccc(C)cc1. The van der Waals surface area contributed by atoms with Crippen LogP contribution in [0.15, 0.2) is 69.6 Å². The quantitative estimate of drug-likeness (QED) is 0.566. The molecular weight excluding hydrogens is 432 g/mol. The van der Waals surface area contributed by atoms with Crippen molar-refractivity contribution < 1.29 is 9.53 Å². The van der Waals surface area contributed by atoms with Gasteiger partial charge in [0.05, 0.1) is 28.5 Å². The molecule has 0 unspecified atom stereocenters. The molecule has 2 heterocycles. The lowest BCUT2D eigenvalue weighted by atomic mass is 9.95. The lowest BCUT2D eigenvalue weighted by molar-refractivity contribution is -0.139. The molecule has 1 aromatic heterocycles. The van der Waals surface area contributed by atoms with Gasteiger partial charge in [-0.3, -0.25) is 9.36 Å². The topological polar surface area (TPSA) is 60.7 Å². The van der Waals surface area contributed by atoms with Gasteiger partial charge in [0.15, 0.2) is 4.80 Å². The Hall–Kier alpha value is -2.96. The highest BCUT2D eigenvalue weighted by atomic mass is 35.5. The van der Waals surface area contributed by atoms with Crippen LogP contribution in [0.5, 0.6) is 0 Å². The number of hydrogen-bond acceptors (Lipinski definition) is 5. The first kappa shape index (κ1) is 21.3. The minimum Gasteiger partial charge on any atom is -0.463 e. The molecule has 0 radical (unpaired) electrons. The van der Waals surface area contributed by atoms with Gasteiger partial charge in [-0.15, -0.1) is 0 Å². The number of nitrogens with zero attached hydrogens (tertiary/aromatic N) is 2. The summed E-state index contributed by atoms with van der Waals surface area (Å²) in [7, 11) is 0. The molecule has 3 aromatic rings. The van der Waals surface area contributed by atoms with E-state index in [9.17, 15) is 9.59 Å². The van der Waals surface area contributed by atoms with E-state index in [2.05, 4.69) is 4.99 Å². The van der Waals surface area contributed by atoms with Crippen molar-refractivity contribution in [1.29, 1.82) is 0 Å². The van der Waals surface area contributed by atoms with E-state index in [1.165, 1.54) is 11.3 Å². The van der Waals surface area contributed by atoms with Gasteiger partial charge < -0.3 is 4.74 Å². The first-order valence-corrected chi connectivity index (χ1v) is 11.1. The van der Waals surface area contributed by atoms with Crippen molar-refractivity contribution in [2.45, 2.75) is 26.8 Å². The Labute approximate surface area is 188 Å². The largest absolute Gasteiger partial charge is 0.463 e. The van der Waals surface area contributed by atoms with Crippen LogP contribution in [-0.2, 0) is 9.53 Å². The number of esters is 1. The minimum absolute atomic E-state index is 0.196. The second-order valence-electron chi connectivity index (χ2n) is 7.26. The van der Waals surface area contributed by atoms with Gasteiger partial charge in [0, 0.05) is 5.02 Å². The minimum atomic E-state index is -0.594. The van der Waals surface area contributed by atoms with Crippen LogP contribution in [0.1, 0.15) is 36.6 Å². The number of benzene rings is 2. The Kier molecular flexibility index (Phi) is 5.94. The van der Waals surface area contributed by atoms with Crippen molar-refractivity contribution in [2.75, 3.05) is 6.61 Å². The molecule has 1 aliphatic heterocycles. The summed E-state index contributed by atoms with van der Waals surface area (Å²) in [6.45, 7) is 5.78. The van der Waals surface area contributed by atoms with Gasteiger partial charge in [0.1, 0.15) is 0 Å². The molecule has 0 fully saturated rings. The van der Waals surface area contributed by atoms with Crippen molar-refractivity contribution in [3.05, 3.63) is 101 Å². The van der Waals surface area contributed by atoms with E-state index >= 15 is 0 Å². The third kappa shape index (κ3) is 4.13. The van der Waals surface area contributed by atoms with Gasteiger partial charge in [0.2, 0.25) is 0 Å². The summed E-state index contributed by atoms with van der Waals surface area (Å²) in [4.78, 5) is 31.4. The number of hydrogen-bond donors (Lipinski definition) is 0. The fraction of sp³-hybridized carbons (Fsp3) is 0.208. The zero-order chi connectivity index (χ0) is 22.1. The highest BCUT2D eigenvalue weighted by molar-refractivity contribution is 7.07. The fourth-order valence-electron chi connectivity index (χ4n) is 3.57. The number of aromatic nitrogens is 1. The van der Waals surface area contributed by atoms with Gasteiger partial charge in [0.25, 0.3) is 5.56 Å². The Morgan fingerprint density at radius 3 is 2.48 bits per heavy atom. The Bertz CT molecular complexity index is 1350. The number of allylic oxidation sites excluding steroid dienone is 1. The average Bonchev–Trinajstić information content (AvgIpc) is 3.04. The molecule has 4 rings (SSSR count). The molecule has 5 nitrogen and oxygen atoms in total. The van der Waals surface area contributed by atoms with Crippen molar-refractivity contribution in [3.8, 4) is 0 Å². The normalized spacial score (nSPS) is 16.1. The molecule has 7 heteroatoms. The number of halogens is 1. The molecule has 0 aliphatic carbocycles. The molecule has 0 N–H and O–H groups in total. The predicted molar refractivity (Wildman–Crippen MR) is 123 cm³/mol. The maximum Gasteiger partial charge on any atom is 0.338 e. The monoisotopic (exact) mass is 452 g/mol. The average molecular weight is 453 g/mol. The summed E-state index contributed by atoms with van der Waals surface area (Å²) in [6.07, 6.45) is 1.82. The molecule has 0 spiro atoms. The molecule has 31 heavy (non-hydrogen) atoms. The lowest BCUT2D eigenvalue weighted by Crippen LogP contribution is -2.39. The maximum atomic E-state index is 13.4. The van der Waals surface area contributed by atoms with Gasteiger partial charge in [-0.2, -0.15) is 0 Å². The molecule has 158 valence electrons. The van der Waals surface area contributed by atoms with Crippen LogP contribution < -0.4 is 14.9 Å². The second kappa shape index (κ2) is 8.65. The number of thiazole rings is 1. The van der Waals surface area contributed by atoms with E-state index in [4.69, 9.17) is 16.3 Å². The van der Waals surface area contributed by atoms with E-state index < -0.39 is 12.0 Å². The molecule has 0 saturated carbocycles. The van der Waals surface area contributed by atoms with Crippen molar-refractivity contribution >= 4 is 35.0 Å². The third-order valence-electron chi connectivity index (χ3n) is 5.08. The van der Waals surface area contributed by atoms with Crippen LogP contribution >= 0.6 is 22.9 Å². The summed E-state index contributed by atoms with van der Waals surface area (Å²) >= 11 is 7.27. The van der Waals surface area contributed by atoms with Crippen LogP contribution in [0.2, 0.25) is 5.02 Å². The zero-order valence-electron chi connectivity index (χ0n) is 17.4. The van der Waals surface area contributed by atoms with E-state index in [1.807, 2.05) is 49.4 Å². The summed E-state index contributed by atoms with van der Waals surface area (Å²) in [6, 6.07) is 14.5. The van der Waals surface area contributed by atoms with Crippen LogP contribution in [0.3, 0.4) is 0 Å². The Morgan fingerprint density at radius 1 is 1.16 bits per heavy atom. The summed E-state index contributed by atoms with van der Waals surface area (Å²) in [5.41, 5.74) is 3.54. The van der Waals surface area contributed by atoms with E-state index in [-0.39, 0.29) is 12.2 Å². The van der Waals surface area contributed by atoms with Crippen LogP contribution in [0.4, 0.5) is 0 Å². The smallest absolute Gasteiger partial charge is 0.338 e. The third-order valence-corrected chi connectivity index (χ3v) is 6.31. The van der Waals surface area contributed by atoms with Gasteiger partial charge in [-0.25, -0.2) is 9.79 Å². The highest BCUT2D eigenvalue weighted by Gasteiger charge is 2.33. The van der Waals surface area contributed by atoms with E-state index in [0.717, 1.165) is 16.7 Å². The number of carbonyl (C=O) groups is 1. The molecular formula is C24H21ClN2O3S. The molecule has 0 saturated heterocycles. The van der Waals surface area contributed by atoms with Crippen LogP contribution in [-0.4, -0.2) is 17.1 Å². The number of aryl methyl sites for hydroxylation is 1. The lowest BCUT2D eigenvalue weighted by Gasteiger charge is -2.24. The van der Waals surface area contributed by atoms with Gasteiger partial charge >= 0.3 is 5.97 Å². The number of fused-ring (bicyclic) bond motifs is 1. The van der Waals surface area contributed by atoms with Gasteiger partial charge in [-0.1, -0.05) is 64.9 Å². The summed E-state index contributed by atoms with van der Waals surface area (Å²) in [5.74, 6) is -0.457. The molecule has 0 amide bonds. The Balaban J connectivity index is 1.94. The number of carbonyl (C=O) groups excluding carboxylic acids is 1. The molecule has 1 aliphatic rings. The van der Waals surface area contributed by atoms with Gasteiger partial charge in [-0.05, 0) is 50.1 Å². The summed E-state index contributed by atoms with van der Waals surface area (Å²) < 4.78 is 7.44.